The number of benzene rings is 1. The Morgan fingerprint density at radius 3 is 2.50 bits per heavy atom. The maximum Gasteiger partial charge on any atom is 0.229 e. The third kappa shape index (κ3) is 2.02. The van der Waals surface area contributed by atoms with Crippen molar-refractivity contribution in [1.82, 2.24) is 0 Å². The molecule has 4 heteroatoms. The van der Waals surface area contributed by atoms with Crippen LogP contribution in [-0.2, 0) is 4.79 Å². The van der Waals surface area contributed by atoms with Gasteiger partial charge in [0.1, 0.15) is 0 Å². The van der Waals surface area contributed by atoms with Gasteiger partial charge in [-0.25, -0.2) is 0 Å². The zero-order valence-electron chi connectivity index (χ0n) is 10.1. The normalized spacial score (nSPS) is 33.7. The summed E-state index contributed by atoms with van der Waals surface area (Å²) in [5.74, 6) is 1.09. The number of anilines is 1. The van der Waals surface area contributed by atoms with Gasteiger partial charge in [-0.05, 0) is 55.4 Å². The van der Waals surface area contributed by atoms with Gasteiger partial charge in [-0.2, -0.15) is 0 Å². The average molecular weight is 265 g/mol. The molecule has 0 radical (unpaired) electrons. The topological polar surface area (TPSA) is 55.1 Å². The number of carbonyl (C=O) groups excluding carboxylic acids is 1. The second-order valence-corrected chi connectivity index (χ2v) is 5.87. The number of carbonyl (C=O) groups is 1. The van der Waals surface area contributed by atoms with Crippen molar-refractivity contribution in [1.29, 1.82) is 0 Å². The van der Waals surface area contributed by atoms with E-state index in [0.29, 0.717) is 16.9 Å². The molecule has 3 rings (SSSR count). The van der Waals surface area contributed by atoms with Gasteiger partial charge in [0.05, 0.1) is 5.92 Å². The minimum Gasteiger partial charge on any atom is -0.327 e. The van der Waals surface area contributed by atoms with E-state index in [4.69, 9.17) is 17.3 Å². The largest absolute Gasteiger partial charge is 0.327 e. The quantitative estimate of drug-likeness (QED) is 0.863. The van der Waals surface area contributed by atoms with Crippen LogP contribution in [0.4, 0.5) is 5.69 Å². The van der Waals surface area contributed by atoms with Crippen molar-refractivity contribution in [2.75, 3.05) is 5.32 Å². The van der Waals surface area contributed by atoms with Crippen molar-refractivity contribution in [2.45, 2.75) is 25.3 Å². The smallest absolute Gasteiger partial charge is 0.229 e. The molecule has 1 amide bonds. The summed E-state index contributed by atoms with van der Waals surface area (Å²) in [5, 5.41) is 3.62. The first-order chi connectivity index (χ1) is 8.65. The predicted molar refractivity (Wildman–Crippen MR) is 72.4 cm³/mol. The fourth-order valence-electron chi connectivity index (χ4n) is 3.48. The molecular formula is C14H17ClN2O. The lowest BCUT2D eigenvalue weighted by Gasteiger charge is -2.27. The van der Waals surface area contributed by atoms with Crippen LogP contribution in [0.1, 0.15) is 19.3 Å². The average Bonchev–Trinajstić information content (AvgIpc) is 2.92. The molecule has 0 saturated heterocycles. The summed E-state index contributed by atoms with van der Waals surface area (Å²) < 4.78 is 0. The second-order valence-electron chi connectivity index (χ2n) is 5.43. The van der Waals surface area contributed by atoms with Gasteiger partial charge in [0.15, 0.2) is 0 Å². The van der Waals surface area contributed by atoms with Gasteiger partial charge in [0.2, 0.25) is 5.91 Å². The van der Waals surface area contributed by atoms with Crippen LogP contribution in [0.25, 0.3) is 0 Å². The lowest BCUT2D eigenvalue weighted by atomic mass is 9.84. The SMILES string of the molecule is NC1C2CCC(C2)C1C(=O)Nc1ccc(Cl)cc1. The third-order valence-corrected chi connectivity index (χ3v) is 4.65. The molecular weight excluding hydrogens is 248 g/mol. The van der Waals surface area contributed by atoms with Crippen LogP contribution in [0.5, 0.6) is 0 Å². The number of nitrogens with one attached hydrogen (secondary N) is 1. The van der Waals surface area contributed by atoms with Gasteiger partial charge in [0.25, 0.3) is 0 Å². The van der Waals surface area contributed by atoms with Crippen molar-refractivity contribution in [3.8, 4) is 0 Å². The fraction of sp³-hybridized carbons (Fsp3) is 0.500. The van der Waals surface area contributed by atoms with Crippen LogP contribution in [0.3, 0.4) is 0 Å². The van der Waals surface area contributed by atoms with Crippen LogP contribution in [0, 0.1) is 17.8 Å². The number of hydrogen-bond donors (Lipinski definition) is 2. The van der Waals surface area contributed by atoms with Crippen molar-refractivity contribution >= 4 is 23.2 Å². The van der Waals surface area contributed by atoms with E-state index in [0.717, 1.165) is 18.5 Å². The number of halogens is 1. The van der Waals surface area contributed by atoms with E-state index in [1.165, 1.54) is 6.42 Å². The van der Waals surface area contributed by atoms with Crippen molar-refractivity contribution in [3.63, 3.8) is 0 Å². The first-order valence-corrected chi connectivity index (χ1v) is 6.85. The van der Waals surface area contributed by atoms with E-state index in [-0.39, 0.29) is 17.9 Å². The summed E-state index contributed by atoms with van der Waals surface area (Å²) in [7, 11) is 0. The van der Waals surface area contributed by atoms with Gasteiger partial charge in [-0.1, -0.05) is 11.6 Å². The minimum absolute atomic E-state index is 0.0144. The summed E-state index contributed by atoms with van der Waals surface area (Å²) in [6.07, 6.45) is 3.47. The molecule has 4 atom stereocenters. The molecule has 2 fully saturated rings. The van der Waals surface area contributed by atoms with Crippen LogP contribution in [0.2, 0.25) is 5.02 Å². The van der Waals surface area contributed by atoms with Crippen molar-refractivity contribution < 1.29 is 4.79 Å². The highest BCUT2D eigenvalue weighted by Crippen LogP contribution is 2.47. The minimum atomic E-state index is -0.0144. The maximum absolute atomic E-state index is 12.3. The molecule has 2 bridgehead atoms. The molecule has 0 heterocycles. The Balaban J connectivity index is 1.70. The molecule has 0 spiro atoms. The number of nitrogens with two attached hydrogens (primary N) is 1. The molecule has 1 aromatic carbocycles. The molecule has 2 aliphatic carbocycles. The van der Waals surface area contributed by atoms with Gasteiger partial charge in [0, 0.05) is 16.8 Å². The lowest BCUT2D eigenvalue weighted by molar-refractivity contribution is -0.121. The molecule has 0 aromatic heterocycles. The zero-order chi connectivity index (χ0) is 12.7. The fourth-order valence-corrected chi connectivity index (χ4v) is 3.61. The number of amides is 1. The summed E-state index contributed by atoms with van der Waals surface area (Å²) in [5.41, 5.74) is 6.95. The Bertz CT molecular complexity index is 457. The van der Waals surface area contributed by atoms with Crippen LogP contribution in [-0.4, -0.2) is 11.9 Å². The number of fused-ring (bicyclic) bond motifs is 2. The first kappa shape index (κ1) is 12.0. The van der Waals surface area contributed by atoms with Crippen molar-refractivity contribution in [3.05, 3.63) is 29.3 Å². The second kappa shape index (κ2) is 4.56. The summed E-state index contributed by atoms with van der Waals surface area (Å²) in [6, 6.07) is 7.23. The molecule has 3 nitrogen and oxygen atoms in total. The Labute approximate surface area is 112 Å². The molecule has 2 aliphatic rings. The molecule has 96 valence electrons. The van der Waals surface area contributed by atoms with E-state index < -0.39 is 0 Å². The highest BCUT2D eigenvalue weighted by Gasteiger charge is 2.48. The summed E-state index contributed by atoms with van der Waals surface area (Å²) in [6.45, 7) is 0. The van der Waals surface area contributed by atoms with Crippen LogP contribution in [0.15, 0.2) is 24.3 Å². The highest BCUT2D eigenvalue weighted by atomic mass is 35.5. The highest BCUT2D eigenvalue weighted by molar-refractivity contribution is 6.30. The van der Waals surface area contributed by atoms with Gasteiger partial charge in [-0.3, -0.25) is 4.79 Å². The molecule has 0 aliphatic heterocycles. The van der Waals surface area contributed by atoms with Gasteiger partial charge >= 0.3 is 0 Å². The molecule has 18 heavy (non-hydrogen) atoms. The number of rotatable bonds is 2. The Hall–Kier alpha value is -1.06. The van der Waals surface area contributed by atoms with Crippen LogP contribution < -0.4 is 11.1 Å². The molecule has 1 aromatic rings. The summed E-state index contributed by atoms with van der Waals surface area (Å²) >= 11 is 5.82. The zero-order valence-corrected chi connectivity index (χ0v) is 10.9. The standard InChI is InChI=1S/C14H17ClN2O/c15-10-3-5-11(6-4-10)17-14(18)12-8-1-2-9(7-8)13(12)16/h3-6,8-9,12-13H,1-2,7,16H2,(H,17,18). The van der Waals surface area contributed by atoms with Gasteiger partial charge in [-0.15, -0.1) is 0 Å². The molecule has 2 saturated carbocycles. The Morgan fingerprint density at radius 2 is 1.89 bits per heavy atom. The Morgan fingerprint density at radius 1 is 1.22 bits per heavy atom. The van der Waals surface area contributed by atoms with Gasteiger partial charge < -0.3 is 11.1 Å². The number of hydrogen-bond acceptors (Lipinski definition) is 2. The lowest BCUT2D eigenvalue weighted by Crippen LogP contribution is -2.42. The molecule has 3 N–H and O–H groups in total. The maximum atomic E-state index is 12.3. The third-order valence-electron chi connectivity index (χ3n) is 4.40. The van der Waals surface area contributed by atoms with E-state index in [1.54, 1.807) is 12.1 Å². The first-order valence-electron chi connectivity index (χ1n) is 6.47. The van der Waals surface area contributed by atoms with E-state index in [2.05, 4.69) is 5.32 Å². The molecule has 4 unspecified atom stereocenters. The monoisotopic (exact) mass is 264 g/mol. The van der Waals surface area contributed by atoms with E-state index >= 15 is 0 Å². The van der Waals surface area contributed by atoms with E-state index in [9.17, 15) is 4.79 Å². The predicted octanol–water partition coefficient (Wildman–Crippen LogP) is 2.65. The Kier molecular flexibility index (Phi) is 3.04. The van der Waals surface area contributed by atoms with Crippen molar-refractivity contribution in [2.24, 2.45) is 23.5 Å². The van der Waals surface area contributed by atoms with E-state index in [1.807, 2.05) is 12.1 Å². The van der Waals surface area contributed by atoms with Crippen LogP contribution >= 0.6 is 11.6 Å². The summed E-state index contributed by atoms with van der Waals surface area (Å²) in [4.78, 5) is 12.3.